The van der Waals surface area contributed by atoms with E-state index in [1.54, 1.807) is 0 Å². The molecule has 1 aliphatic rings. The zero-order valence-corrected chi connectivity index (χ0v) is 12.2. The maximum absolute atomic E-state index is 6.23. The van der Waals surface area contributed by atoms with Gasteiger partial charge in [-0.25, -0.2) is 0 Å². The largest absolute Gasteiger partial charge is 0.374 e. The Kier molecular flexibility index (Phi) is 6.50. The highest BCUT2D eigenvalue weighted by atomic mass is 16.5. The molecule has 0 saturated heterocycles. The molecule has 0 aliphatic heterocycles. The lowest BCUT2D eigenvalue weighted by molar-refractivity contribution is -0.1000. The van der Waals surface area contributed by atoms with Crippen molar-refractivity contribution in [3.05, 3.63) is 0 Å². The van der Waals surface area contributed by atoms with E-state index in [0.29, 0.717) is 12.0 Å². The zero-order valence-electron chi connectivity index (χ0n) is 12.2. The van der Waals surface area contributed by atoms with E-state index in [1.807, 2.05) is 0 Å². The fourth-order valence-corrected chi connectivity index (χ4v) is 3.67. The maximum atomic E-state index is 6.23. The van der Waals surface area contributed by atoms with Crippen molar-refractivity contribution in [1.82, 2.24) is 5.32 Å². The van der Waals surface area contributed by atoms with Crippen molar-refractivity contribution in [2.75, 3.05) is 13.7 Å². The molecule has 0 aromatic heterocycles. The Morgan fingerprint density at radius 1 is 1.18 bits per heavy atom. The number of nitrogens with one attached hydrogen (secondary N) is 1. The standard InChI is InChI=1S/C15H31NO/c1-5-10-13(3)14(16-4)15(17-6-2)11-8-7-9-12-15/h13-14,16H,5-12H2,1-4H3. The molecule has 2 nitrogen and oxygen atoms in total. The van der Waals surface area contributed by atoms with Crippen LogP contribution in [0.4, 0.5) is 0 Å². The van der Waals surface area contributed by atoms with Crippen molar-refractivity contribution >= 4 is 0 Å². The summed E-state index contributed by atoms with van der Waals surface area (Å²) < 4.78 is 6.23. The fraction of sp³-hybridized carbons (Fsp3) is 1.00. The Morgan fingerprint density at radius 3 is 2.29 bits per heavy atom. The number of hydrogen-bond donors (Lipinski definition) is 1. The van der Waals surface area contributed by atoms with Crippen molar-refractivity contribution in [3.8, 4) is 0 Å². The molecule has 0 aromatic carbocycles. The van der Waals surface area contributed by atoms with Gasteiger partial charge in [-0.1, -0.05) is 39.5 Å². The predicted molar refractivity (Wildman–Crippen MR) is 74.4 cm³/mol. The highest BCUT2D eigenvalue weighted by molar-refractivity contribution is 4.97. The Balaban J connectivity index is 2.77. The Labute approximate surface area is 108 Å². The van der Waals surface area contributed by atoms with E-state index in [9.17, 15) is 0 Å². The first-order chi connectivity index (χ1) is 8.20. The molecule has 1 rings (SSSR count). The van der Waals surface area contributed by atoms with Crippen LogP contribution < -0.4 is 5.32 Å². The van der Waals surface area contributed by atoms with E-state index in [1.165, 1.54) is 44.9 Å². The lowest BCUT2D eigenvalue weighted by atomic mass is 9.74. The van der Waals surface area contributed by atoms with Gasteiger partial charge in [-0.05, 0) is 39.2 Å². The number of ether oxygens (including phenoxy) is 1. The molecule has 2 unspecified atom stereocenters. The molecule has 0 heterocycles. The van der Waals surface area contributed by atoms with Crippen LogP contribution in [-0.4, -0.2) is 25.3 Å². The lowest BCUT2D eigenvalue weighted by Crippen LogP contribution is -2.55. The first-order valence-electron chi connectivity index (χ1n) is 7.51. The van der Waals surface area contributed by atoms with Crippen LogP contribution in [0, 0.1) is 5.92 Å². The van der Waals surface area contributed by atoms with Gasteiger partial charge in [0.05, 0.1) is 5.60 Å². The van der Waals surface area contributed by atoms with Crippen LogP contribution in [0.3, 0.4) is 0 Å². The molecule has 0 aromatic rings. The van der Waals surface area contributed by atoms with E-state index in [0.717, 1.165) is 6.61 Å². The Hall–Kier alpha value is -0.0800. The summed E-state index contributed by atoms with van der Waals surface area (Å²) in [5.41, 5.74) is 0.107. The van der Waals surface area contributed by atoms with Crippen molar-refractivity contribution in [3.63, 3.8) is 0 Å². The van der Waals surface area contributed by atoms with Gasteiger partial charge < -0.3 is 10.1 Å². The summed E-state index contributed by atoms with van der Waals surface area (Å²) in [6, 6.07) is 0.516. The molecule has 0 radical (unpaired) electrons. The normalized spacial score (nSPS) is 23.3. The molecule has 0 amide bonds. The third kappa shape index (κ3) is 3.69. The van der Waals surface area contributed by atoms with Crippen LogP contribution in [-0.2, 0) is 4.74 Å². The smallest absolute Gasteiger partial charge is 0.0837 e. The SMILES string of the molecule is CCCC(C)C(NC)C1(OCC)CCCCC1. The van der Waals surface area contributed by atoms with Crippen LogP contribution >= 0.6 is 0 Å². The van der Waals surface area contributed by atoms with Crippen molar-refractivity contribution in [2.45, 2.75) is 77.4 Å². The highest BCUT2D eigenvalue weighted by Gasteiger charge is 2.41. The first-order valence-corrected chi connectivity index (χ1v) is 7.51. The Morgan fingerprint density at radius 2 is 1.82 bits per heavy atom. The van der Waals surface area contributed by atoms with Gasteiger partial charge >= 0.3 is 0 Å². The molecule has 1 aliphatic carbocycles. The molecule has 1 saturated carbocycles. The molecule has 2 atom stereocenters. The second-order valence-electron chi connectivity index (χ2n) is 5.59. The lowest BCUT2D eigenvalue weighted by Gasteiger charge is -2.45. The average molecular weight is 241 g/mol. The summed E-state index contributed by atoms with van der Waals surface area (Å²) in [7, 11) is 2.10. The highest BCUT2D eigenvalue weighted by Crippen LogP contribution is 2.38. The average Bonchev–Trinajstić information content (AvgIpc) is 2.31. The van der Waals surface area contributed by atoms with Gasteiger partial charge in [0, 0.05) is 12.6 Å². The maximum Gasteiger partial charge on any atom is 0.0837 e. The van der Waals surface area contributed by atoms with Gasteiger partial charge in [0.15, 0.2) is 0 Å². The quantitative estimate of drug-likeness (QED) is 0.733. The Bertz CT molecular complexity index is 194. The third-order valence-corrected chi connectivity index (χ3v) is 4.32. The zero-order chi connectivity index (χ0) is 12.7. The van der Waals surface area contributed by atoms with E-state index in [-0.39, 0.29) is 5.60 Å². The fourth-order valence-electron chi connectivity index (χ4n) is 3.67. The second-order valence-corrected chi connectivity index (χ2v) is 5.59. The summed E-state index contributed by atoms with van der Waals surface area (Å²) in [6.07, 6.45) is 9.07. The van der Waals surface area contributed by atoms with Gasteiger partial charge in [0.1, 0.15) is 0 Å². The summed E-state index contributed by atoms with van der Waals surface area (Å²) in [4.78, 5) is 0. The van der Waals surface area contributed by atoms with E-state index in [4.69, 9.17) is 4.74 Å². The molecule has 1 N–H and O–H groups in total. The summed E-state index contributed by atoms with van der Waals surface area (Å²) in [5.74, 6) is 0.703. The van der Waals surface area contributed by atoms with Crippen LogP contribution in [0.15, 0.2) is 0 Å². The molecular formula is C15H31NO. The minimum atomic E-state index is 0.107. The minimum Gasteiger partial charge on any atom is -0.374 e. The van der Waals surface area contributed by atoms with Gasteiger partial charge in [-0.3, -0.25) is 0 Å². The van der Waals surface area contributed by atoms with Crippen LogP contribution in [0.1, 0.15) is 65.7 Å². The molecule has 102 valence electrons. The van der Waals surface area contributed by atoms with Crippen molar-refractivity contribution < 1.29 is 4.74 Å². The van der Waals surface area contributed by atoms with E-state index >= 15 is 0 Å². The minimum absolute atomic E-state index is 0.107. The van der Waals surface area contributed by atoms with Gasteiger partial charge in [0.25, 0.3) is 0 Å². The van der Waals surface area contributed by atoms with E-state index in [2.05, 4.69) is 33.1 Å². The topological polar surface area (TPSA) is 21.3 Å². The summed E-state index contributed by atoms with van der Waals surface area (Å²) in [6.45, 7) is 7.63. The number of rotatable bonds is 7. The molecule has 0 bridgehead atoms. The van der Waals surface area contributed by atoms with E-state index < -0.39 is 0 Å². The monoisotopic (exact) mass is 241 g/mol. The molecule has 2 heteroatoms. The van der Waals surface area contributed by atoms with Crippen LogP contribution in [0.25, 0.3) is 0 Å². The molecule has 17 heavy (non-hydrogen) atoms. The summed E-state index contributed by atoms with van der Waals surface area (Å²) in [5, 5.41) is 3.56. The third-order valence-electron chi connectivity index (χ3n) is 4.32. The molecule has 1 fully saturated rings. The summed E-state index contributed by atoms with van der Waals surface area (Å²) >= 11 is 0. The number of hydrogen-bond acceptors (Lipinski definition) is 2. The molecular weight excluding hydrogens is 210 g/mol. The predicted octanol–water partition coefficient (Wildman–Crippen LogP) is 3.75. The van der Waals surface area contributed by atoms with Crippen LogP contribution in [0.2, 0.25) is 0 Å². The second kappa shape index (κ2) is 7.38. The van der Waals surface area contributed by atoms with Crippen molar-refractivity contribution in [1.29, 1.82) is 0 Å². The van der Waals surface area contributed by atoms with Gasteiger partial charge in [-0.2, -0.15) is 0 Å². The van der Waals surface area contributed by atoms with Gasteiger partial charge in [-0.15, -0.1) is 0 Å². The van der Waals surface area contributed by atoms with Crippen molar-refractivity contribution in [2.24, 2.45) is 5.92 Å². The molecule has 0 spiro atoms. The number of likely N-dealkylation sites (N-methyl/N-ethyl adjacent to an activating group) is 1. The van der Waals surface area contributed by atoms with Gasteiger partial charge in [0.2, 0.25) is 0 Å². The van der Waals surface area contributed by atoms with Crippen LogP contribution in [0.5, 0.6) is 0 Å². The first kappa shape index (κ1) is 15.0.